The van der Waals surface area contributed by atoms with Gasteiger partial charge in [0.05, 0.1) is 0 Å². The summed E-state index contributed by atoms with van der Waals surface area (Å²) in [6.45, 7) is 0. The molecule has 15 heavy (non-hydrogen) atoms. The number of aromatic amines is 2. The molecule has 3 N–H and O–H groups in total. The Bertz CT molecular complexity index is 543. The molecule has 7 nitrogen and oxygen atoms in total. The first kappa shape index (κ1) is 9.13. The zero-order valence-electron chi connectivity index (χ0n) is 7.39. The molecule has 0 aliphatic heterocycles. The molecule has 0 atom stereocenters. The van der Waals surface area contributed by atoms with Crippen LogP contribution in [-0.2, 0) is 0 Å². The Hall–Kier alpha value is -2.44. The van der Waals surface area contributed by atoms with Crippen molar-refractivity contribution in [1.82, 2.24) is 19.9 Å². The highest BCUT2D eigenvalue weighted by molar-refractivity contribution is 5.85. The van der Waals surface area contributed by atoms with Gasteiger partial charge in [-0.2, -0.15) is 0 Å². The van der Waals surface area contributed by atoms with Crippen LogP contribution in [0.4, 0.5) is 0 Å². The number of rotatable bonds is 2. The number of H-pyrrole nitrogens is 2. The molecule has 76 valence electrons. The molecular formula is C8H6N4O3. The van der Waals surface area contributed by atoms with Crippen molar-refractivity contribution in [1.29, 1.82) is 0 Å². The predicted molar refractivity (Wildman–Crippen MR) is 49.4 cm³/mol. The van der Waals surface area contributed by atoms with E-state index in [1.165, 1.54) is 6.20 Å². The summed E-state index contributed by atoms with van der Waals surface area (Å²) in [6.07, 6.45) is 3.02. The van der Waals surface area contributed by atoms with Crippen molar-refractivity contribution in [3.05, 3.63) is 34.5 Å². The van der Waals surface area contributed by atoms with Gasteiger partial charge in [0, 0.05) is 18.5 Å². The first-order chi connectivity index (χ1) is 7.16. The Morgan fingerprint density at radius 3 is 2.80 bits per heavy atom. The van der Waals surface area contributed by atoms with Crippen LogP contribution in [0, 0.1) is 0 Å². The lowest BCUT2D eigenvalue weighted by Crippen LogP contribution is -2.13. The summed E-state index contributed by atoms with van der Waals surface area (Å²) in [5.41, 5.74) is -0.848. The van der Waals surface area contributed by atoms with Crippen molar-refractivity contribution in [2.75, 3.05) is 0 Å². The van der Waals surface area contributed by atoms with Crippen molar-refractivity contribution in [3.8, 4) is 11.6 Å². The van der Waals surface area contributed by atoms with Gasteiger partial charge in [0.2, 0.25) is 0 Å². The van der Waals surface area contributed by atoms with Crippen LogP contribution in [-0.4, -0.2) is 31.0 Å². The van der Waals surface area contributed by atoms with E-state index in [1.54, 1.807) is 6.20 Å². The molecule has 0 radical (unpaired) electrons. The van der Waals surface area contributed by atoms with Crippen molar-refractivity contribution < 1.29 is 9.90 Å². The van der Waals surface area contributed by atoms with Gasteiger partial charge in [0.25, 0.3) is 5.56 Å². The predicted octanol–water partition coefficient (Wildman–Crippen LogP) is -0.142. The van der Waals surface area contributed by atoms with Crippen LogP contribution in [0.1, 0.15) is 10.5 Å². The number of carboxylic acid groups (broad SMARTS) is 1. The molecule has 0 aliphatic rings. The maximum absolute atomic E-state index is 11.1. The molecule has 7 heteroatoms. The van der Waals surface area contributed by atoms with Crippen molar-refractivity contribution in [2.45, 2.75) is 0 Å². The second-order valence-electron chi connectivity index (χ2n) is 2.72. The molecule has 2 aromatic heterocycles. The van der Waals surface area contributed by atoms with Gasteiger partial charge in [-0.15, -0.1) is 0 Å². The smallest absolute Gasteiger partial charge is 0.354 e. The van der Waals surface area contributed by atoms with Gasteiger partial charge in [-0.05, 0) is 0 Å². The highest BCUT2D eigenvalue weighted by Gasteiger charge is 2.10. The fourth-order valence-electron chi connectivity index (χ4n) is 1.07. The summed E-state index contributed by atoms with van der Waals surface area (Å²) in [7, 11) is 0. The van der Waals surface area contributed by atoms with Crippen molar-refractivity contribution >= 4 is 5.97 Å². The van der Waals surface area contributed by atoms with E-state index < -0.39 is 11.5 Å². The zero-order chi connectivity index (χ0) is 10.8. The number of hydrogen-bond acceptors (Lipinski definition) is 4. The molecule has 0 bridgehead atoms. The van der Waals surface area contributed by atoms with Gasteiger partial charge in [-0.3, -0.25) is 4.79 Å². The van der Waals surface area contributed by atoms with Gasteiger partial charge in [-0.1, -0.05) is 0 Å². The number of aromatic nitrogens is 4. The third kappa shape index (κ3) is 1.75. The number of nitrogens with zero attached hydrogens (tertiary/aromatic N) is 2. The Labute approximate surface area is 82.8 Å². The highest BCUT2D eigenvalue weighted by Crippen LogP contribution is 2.05. The van der Waals surface area contributed by atoms with E-state index in [-0.39, 0.29) is 11.5 Å². The van der Waals surface area contributed by atoms with E-state index in [0.29, 0.717) is 5.82 Å². The largest absolute Gasteiger partial charge is 0.477 e. The standard InChI is InChI=1S/C8H6N4O3/c13-5-3-4(8(14)15)11-7(12-5)6-9-1-2-10-6/h1-3H,(H,9,10)(H,14,15)(H,11,12,13). The maximum atomic E-state index is 11.1. The van der Waals surface area contributed by atoms with Crippen molar-refractivity contribution in [3.63, 3.8) is 0 Å². The summed E-state index contributed by atoms with van der Waals surface area (Å²) < 4.78 is 0. The molecule has 0 saturated carbocycles. The van der Waals surface area contributed by atoms with Crippen LogP contribution in [0.25, 0.3) is 11.6 Å². The zero-order valence-corrected chi connectivity index (χ0v) is 7.39. The summed E-state index contributed by atoms with van der Waals surface area (Å²) in [5, 5.41) is 8.69. The van der Waals surface area contributed by atoms with Crippen LogP contribution in [0.3, 0.4) is 0 Å². The Morgan fingerprint density at radius 2 is 2.20 bits per heavy atom. The summed E-state index contributed by atoms with van der Waals surface area (Å²) in [6, 6.07) is 0.911. The third-order valence-corrected chi connectivity index (χ3v) is 1.68. The molecule has 0 aromatic carbocycles. The average molecular weight is 206 g/mol. The van der Waals surface area contributed by atoms with Crippen LogP contribution in [0.15, 0.2) is 23.3 Å². The van der Waals surface area contributed by atoms with E-state index in [1.807, 2.05) is 0 Å². The van der Waals surface area contributed by atoms with E-state index in [9.17, 15) is 9.59 Å². The average Bonchev–Trinajstić information content (AvgIpc) is 2.69. The van der Waals surface area contributed by atoms with Crippen LogP contribution in [0.2, 0.25) is 0 Å². The molecule has 0 unspecified atom stereocenters. The SMILES string of the molecule is O=C(O)c1cc(=O)[nH]c(-c2ncc[nH]2)n1. The minimum absolute atomic E-state index is 0.102. The third-order valence-electron chi connectivity index (χ3n) is 1.68. The highest BCUT2D eigenvalue weighted by atomic mass is 16.4. The topological polar surface area (TPSA) is 112 Å². The molecule has 0 aliphatic carbocycles. The second kappa shape index (κ2) is 3.37. The van der Waals surface area contributed by atoms with E-state index in [0.717, 1.165) is 6.07 Å². The normalized spacial score (nSPS) is 10.1. The van der Waals surface area contributed by atoms with Crippen LogP contribution in [0.5, 0.6) is 0 Å². The molecule has 0 fully saturated rings. The first-order valence-electron chi connectivity index (χ1n) is 4.01. The molecule has 0 saturated heterocycles. The molecule has 2 aromatic rings. The fourth-order valence-corrected chi connectivity index (χ4v) is 1.07. The number of aromatic carboxylic acids is 1. The second-order valence-corrected chi connectivity index (χ2v) is 2.72. The lowest BCUT2D eigenvalue weighted by molar-refractivity contribution is 0.0690. The lowest BCUT2D eigenvalue weighted by Gasteiger charge is -1.97. The molecule has 2 rings (SSSR count). The molecule has 0 amide bonds. The van der Waals surface area contributed by atoms with Gasteiger partial charge >= 0.3 is 5.97 Å². The summed E-state index contributed by atoms with van der Waals surface area (Å²) in [4.78, 5) is 34.4. The monoisotopic (exact) mass is 206 g/mol. The first-order valence-corrected chi connectivity index (χ1v) is 4.01. The number of carbonyl (C=O) groups is 1. The Morgan fingerprint density at radius 1 is 1.40 bits per heavy atom. The van der Waals surface area contributed by atoms with E-state index in [2.05, 4.69) is 19.9 Å². The van der Waals surface area contributed by atoms with Crippen LogP contribution < -0.4 is 5.56 Å². The number of hydrogen-bond donors (Lipinski definition) is 3. The van der Waals surface area contributed by atoms with Gasteiger partial charge in [0.15, 0.2) is 17.3 Å². The maximum Gasteiger partial charge on any atom is 0.354 e. The lowest BCUT2D eigenvalue weighted by atomic mass is 10.4. The molecular weight excluding hydrogens is 200 g/mol. The minimum Gasteiger partial charge on any atom is -0.477 e. The summed E-state index contributed by atoms with van der Waals surface area (Å²) in [5.74, 6) is -0.839. The molecule has 2 heterocycles. The number of imidazole rings is 1. The Balaban J connectivity index is 2.59. The van der Waals surface area contributed by atoms with Gasteiger partial charge in [0.1, 0.15) is 0 Å². The van der Waals surface area contributed by atoms with Crippen molar-refractivity contribution in [2.24, 2.45) is 0 Å². The van der Waals surface area contributed by atoms with Gasteiger partial charge < -0.3 is 15.1 Å². The quantitative estimate of drug-likeness (QED) is 0.633. The number of nitrogens with one attached hydrogen (secondary N) is 2. The minimum atomic E-state index is -1.26. The van der Waals surface area contributed by atoms with Gasteiger partial charge in [-0.25, -0.2) is 14.8 Å². The number of carboxylic acids is 1. The van der Waals surface area contributed by atoms with E-state index in [4.69, 9.17) is 5.11 Å². The Kier molecular flexibility index (Phi) is 2.05. The van der Waals surface area contributed by atoms with E-state index >= 15 is 0 Å². The molecule has 0 spiro atoms. The fraction of sp³-hybridized carbons (Fsp3) is 0. The van der Waals surface area contributed by atoms with Crippen LogP contribution >= 0.6 is 0 Å². The summed E-state index contributed by atoms with van der Waals surface area (Å²) >= 11 is 0.